The van der Waals surface area contributed by atoms with Gasteiger partial charge in [0.15, 0.2) is 5.96 Å². The Bertz CT molecular complexity index is 649. The molecule has 8 heteroatoms. The number of hydrogen-bond acceptors (Lipinski definition) is 6. The monoisotopic (exact) mass is 448 g/mol. The van der Waals surface area contributed by atoms with Crippen LogP contribution >= 0.6 is 0 Å². The topological polar surface area (TPSA) is 71.7 Å². The lowest BCUT2D eigenvalue weighted by Crippen LogP contribution is -2.47. The van der Waals surface area contributed by atoms with Crippen molar-refractivity contribution in [2.75, 3.05) is 72.2 Å². The van der Waals surface area contributed by atoms with E-state index in [1.807, 2.05) is 12.1 Å². The Hall–Kier alpha value is -1.61. The third kappa shape index (κ3) is 7.76. The van der Waals surface area contributed by atoms with E-state index in [1.54, 1.807) is 6.26 Å². The summed E-state index contributed by atoms with van der Waals surface area (Å²) in [7, 11) is 0. The summed E-state index contributed by atoms with van der Waals surface area (Å²) in [5.41, 5.74) is 0. The SMILES string of the molecule is c1coc(CCNC(=NCCCN2CCOCC2)N2CCC(OCC3CCCO3)CC2)c1. The summed E-state index contributed by atoms with van der Waals surface area (Å²) in [4.78, 5) is 9.83. The average molecular weight is 449 g/mol. The number of guanidine groups is 1. The van der Waals surface area contributed by atoms with E-state index >= 15 is 0 Å². The molecule has 1 N–H and O–H groups in total. The maximum Gasteiger partial charge on any atom is 0.193 e. The van der Waals surface area contributed by atoms with Crippen LogP contribution in [0.25, 0.3) is 0 Å². The third-order valence-electron chi connectivity index (χ3n) is 6.52. The number of nitrogens with one attached hydrogen (secondary N) is 1. The Morgan fingerprint density at radius 1 is 1.12 bits per heavy atom. The quantitative estimate of drug-likeness (QED) is 0.334. The highest BCUT2D eigenvalue weighted by Gasteiger charge is 2.24. The fourth-order valence-corrected chi connectivity index (χ4v) is 4.58. The molecule has 4 heterocycles. The highest BCUT2D eigenvalue weighted by Crippen LogP contribution is 2.18. The van der Waals surface area contributed by atoms with Crippen molar-refractivity contribution >= 4 is 5.96 Å². The smallest absolute Gasteiger partial charge is 0.193 e. The van der Waals surface area contributed by atoms with Crippen molar-refractivity contribution in [3.8, 4) is 0 Å². The number of nitrogens with zero attached hydrogens (tertiary/aromatic N) is 3. The van der Waals surface area contributed by atoms with Crippen LogP contribution in [0, 0.1) is 0 Å². The first-order chi connectivity index (χ1) is 15.9. The molecule has 0 spiro atoms. The van der Waals surface area contributed by atoms with Crippen LogP contribution in [0.5, 0.6) is 0 Å². The Labute approximate surface area is 192 Å². The average Bonchev–Trinajstić information content (AvgIpc) is 3.55. The molecule has 8 nitrogen and oxygen atoms in total. The van der Waals surface area contributed by atoms with E-state index in [1.165, 1.54) is 6.42 Å². The number of aliphatic imine (C=N–C) groups is 1. The minimum Gasteiger partial charge on any atom is -0.469 e. The van der Waals surface area contributed by atoms with Crippen molar-refractivity contribution in [3.05, 3.63) is 24.2 Å². The number of rotatable bonds is 10. The van der Waals surface area contributed by atoms with Gasteiger partial charge < -0.3 is 28.8 Å². The maximum absolute atomic E-state index is 6.15. The summed E-state index contributed by atoms with van der Waals surface area (Å²) in [6, 6.07) is 3.97. The zero-order chi connectivity index (χ0) is 21.8. The first kappa shape index (κ1) is 23.5. The van der Waals surface area contributed by atoms with E-state index in [2.05, 4.69) is 15.1 Å². The highest BCUT2D eigenvalue weighted by molar-refractivity contribution is 5.80. The van der Waals surface area contributed by atoms with Gasteiger partial charge in [-0.2, -0.15) is 0 Å². The number of furan rings is 1. The van der Waals surface area contributed by atoms with Crippen LogP contribution in [0.15, 0.2) is 27.8 Å². The number of piperidine rings is 1. The van der Waals surface area contributed by atoms with E-state index < -0.39 is 0 Å². The number of ether oxygens (including phenoxy) is 3. The van der Waals surface area contributed by atoms with Gasteiger partial charge in [0.05, 0.1) is 38.3 Å². The van der Waals surface area contributed by atoms with E-state index in [-0.39, 0.29) is 0 Å². The Balaban J connectivity index is 1.21. The van der Waals surface area contributed by atoms with Gasteiger partial charge >= 0.3 is 0 Å². The normalized spacial score (nSPS) is 23.7. The molecule has 3 fully saturated rings. The lowest BCUT2D eigenvalue weighted by molar-refractivity contribution is -0.0367. The molecule has 1 atom stereocenters. The van der Waals surface area contributed by atoms with Gasteiger partial charge in [0.2, 0.25) is 0 Å². The molecule has 0 saturated carbocycles. The van der Waals surface area contributed by atoms with Crippen LogP contribution in [-0.2, 0) is 20.6 Å². The molecular formula is C24H40N4O4. The highest BCUT2D eigenvalue weighted by atomic mass is 16.5. The summed E-state index contributed by atoms with van der Waals surface area (Å²) >= 11 is 0. The Morgan fingerprint density at radius 3 is 2.75 bits per heavy atom. The summed E-state index contributed by atoms with van der Waals surface area (Å²) in [5.74, 6) is 2.03. The van der Waals surface area contributed by atoms with Crippen molar-refractivity contribution in [1.82, 2.24) is 15.1 Å². The lowest BCUT2D eigenvalue weighted by atomic mass is 10.1. The van der Waals surface area contributed by atoms with Gasteiger partial charge in [-0.05, 0) is 44.2 Å². The van der Waals surface area contributed by atoms with Gasteiger partial charge in [0, 0.05) is 58.8 Å². The summed E-state index contributed by atoms with van der Waals surface area (Å²) in [6.07, 6.45) is 8.70. The van der Waals surface area contributed by atoms with Crippen LogP contribution < -0.4 is 5.32 Å². The minimum atomic E-state index is 0.305. The molecule has 4 rings (SSSR count). The summed E-state index contributed by atoms with van der Waals surface area (Å²) in [5, 5.41) is 3.58. The van der Waals surface area contributed by atoms with Crippen molar-refractivity contribution in [3.63, 3.8) is 0 Å². The molecule has 3 aliphatic rings. The molecule has 32 heavy (non-hydrogen) atoms. The van der Waals surface area contributed by atoms with Gasteiger partial charge in [-0.1, -0.05) is 0 Å². The molecule has 1 aromatic rings. The first-order valence-electron chi connectivity index (χ1n) is 12.5. The molecule has 1 aromatic heterocycles. The molecule has 0 radical (unpaired) electrons. The van der Waals surface area contributed by atoms with Crippen molar-refractivity contribution in [2.45, 2.75) is 50.7 Å². The molecule has 0 aliphatic carbocycles. The molecule has 0 aromatic carbocycles. The fraction of sp³-hybridized carbons (Fsp3) is 0.792. The third-order valence-corrected chi connectivity index (χ3v) is 6.52. The van der Waals surface area contributed by atoms with E-state index in [0.29, 0.717) is 12.2 Å². The number of likely N-dealkylation sites (tertiary alicyclic amines) is 1. The van der Waals surface area contributed by atoms with Crippen LogP contribution in [-0.4, -0.2) is 100 Å². The van der Waals surface area contributed by atoms with E-state index in [0.717, 1.165) is 116 Å². The fourth-order valence-electron chi connectivity index (χ4n) is 4.58. The summed E-state index contributed by atoms with van der Waals surface area (Å²) in [6.45, 7) is 10.1. The second kappa shape index (κ2) is 13.2. The molecule has 0 amide bonds. The zero-order valence-electron chi connectivity index (χ0n) is 19.4. The van der Waals surface area contributed by atoms with Gasteiger partial charge in [-0.3, -0.25) is 9.89 Å². The second-order valence-corrected chi connectivity index (χ2v) is 8.92. The van der Waals surface area contributed by atoms with Gasteiger partial charge in [-0.15, -0.1) is 0 Å². The molecule has 3 aliphatic heterocycles. The zero-order valence-corrected chi connectivity index (χ0v) is 19.4. The molecule has 1 unspecified atom stereocenters. The van der Waals surface area contributed by atoms with Crippen molar-refractivity contribution in [2.24, 2.45) is 4.99 Å². The second-order valence-electron chi connectivity index (χ2n) is 8.92. The van der Waals surface area contributed by atoms with Gasteiger partial charge in [0.1, 0.15) is 5.76 Å². The number of morpholine rings is 1. The lowest BCUT2D eigenvalue weighted by Gasteiger charge is -2.34. The molecule has 180 valence electrons. The molecule has 0 bridgehead atoms. The van der Waals surface area contributed by atoms with Crippen molar-refractivity contribution < 1.29 is 18.6 Å². The molecule has 3 saturated heterocycles. The van der Waals surface area contributed by atoms with Crippen LogP contribution in [0.1, 0.15) is 37.9 Å². The van der Waals surface area contributed by atoms with E-state index in [4.69, 9.17) is 23.6 Å². The van der Waals surface area contributed by atoms with E-state index in [9.17, 15) is 0 Å². The van der Waals surface area contributed by atoms with Crippen molar-refractivity contribution in [1.29, 1.82) is 0 Å². The summed E-state index contributed by atoms with van der Waals surface area (Å²) < 4.78 is 22.8. The van der Waals surface area contributed by atoms with Crippen LogP contribution in [0.2, 0.25) is 0 Å². The first-order valence-corrected chi connectivity index (χ1v) is 12.5. The Kier molecular flexibility index (Phi) is 9.70. The predicted molar refractivity (Wildman–Crippen MR) is 124 cm³/mol. The molecular weight excluding hydrogens is 408 g/mol. The number of hydrogen-bond donors (Lipinski definition) is 1. The Morgan fingerprint density at radius 2 is 2.00 bits per heavy atom. The maximum atomic E-state index is 6.15. The standard InChI is InChI=1S/C24H40N4O4/c1-4-21(30-16-1)6-10-26-24(25-9-3-11-27-14-18-29-19-15-27)28-12-7-22(8-13-28)32-20-23-5-2-17-31-23/h1,4,16,22-23H,2-3,5-15,17-20H2,(H,25,26). The van der Waals surface area contributed by atoms with Crippen LogP contribution in [0.3, 0.4) is 0 Å². The largest absolute Gasteiger partial charge is 0.469 e. The predicted octanol–water partition coefficient (Wildman–Crippen LogP) is 2.15. The minimum absolute atomic E-state index is 0.305. The van der Waals surface area contributed by atoms with Crippen LogP contribution in [0.4, 0.5) is 0 Å². The van der Waals surface area contributed by atoms with Gasteiger partial charge in [0.25, 0.3) is 0 Å². The van der Waals surface area contributed by atoms with Gasteiger partial charge in [-0.25, -0.2) is 0 Å².